The maximum atomic E-state index is 12.0. The van der Waals surface area contributed by atoms with Gasteiger partial charge in [-0.25, -0.2) is 9.59 Å². The quantitative estimate of drug-likeness (QED) is 0.146. The number of unbranched alkanes of at least 4 members (excludes halogenated alkanes) is 2. The van der Waals surface area contributed by atoms with Crippen LogP contribution >= 0.6 is 0 Å². The van der Waals surface area contributed by atoms with E-state index in [4.69, 9.17) is 20.7 Å². The molecule has 0 aromatic heterocycles. The molecule has 0 unspecified atom stereocenters. The fraction of sp³-hybridized carbons (Fsp3) is 0.529. The van der Waals surface area contributed by atoms with Crippen LogP contribution in [0.1, 0.15) is 32.6 Å². The van der Waals surface area contributed by atoms with Crippen molar-refractivity contribution in [3.63, 3.8) is 0 Å². The van der Waals surface area contributed by atoms with Gasteiger partial charge in [0.1, 0.15) is 6.61 Å². The Labute approximate surface area is 138 Å². The van der Waals surface area contributed by atoms with Crippen molar-refractivity contribution in [3.05, 3.63) is 24.8 Å². The Hall–Kier alpha value is -2.26. The molecular weight excluding hydrogens is 298 g/mol. The smallest absolute Gasteiger partial charge is 0.434 e. The number of carbonyl (C=O) groups excluding carboxylic acids is 2. The first-order chi connectivity index (χ1) is 11.1. The molecule has 0 bridgehead atoms. The Kier molecular flexibility index (Phi) is 12.1. The summed E-state index contributed by atoms with van der Waals surface area (Å²) in [6, 6.07) is -0.459. The fourth-order valence-corrected chi connectivity index (χ4v) is 1.79. The van der Waals surface area contributed by atoms with Crippen LogP contribution in [0.3, 0.4) is 0 Å². The maximum absolute atomic E-state index is 12.0. The van der Waals surface area contributed by atoms with E-state index in [0.717, 1.165) is 17.9 Å². The van der Waals surface area contributed by atoms with Gasteiger partial charge < -0.3 is 9.47 Å². The van der Waals surface area contributed by atoms with Gasteiger partial charge in [-0.3, -0.25) is 4.84 Å². The van der Waals surface area contributed by atoms with E-state index in [-0.39, 0.29) is 13.2 Å². The summed E-state index contributed by atoms with van der Waals surface area (Å²) in [6.07, 6.45) is 11.7. The second-order valence-corrected chi connectivity index (χ2v) is 4.50. The molecule has 0 radical (unpaired) electrons. The van der Waals surface area contributed by atoms with E-state index < -0.39 is 18.1 Å². The van der Waals surface area contributed by atoms with Crippen LogP contribution in [-0.2, 0) is 19.1 Å². The second kappa shape index (κ2) is 13.4. The van der Waals surface area contributed by atoms with Crippen molar-refractivity contribution in [1.82, 2.24) is 5.06 Å². The molecule has 6 nitrogen and oxygen atoms in total. The lowest BCUT2D eigenvalue weighted by Crippen LogP contribution is -2.39. The van der Waals surface area contributed by atoms with Crippen molar-refractivity contribution in [2.24, 2.45) is 0 Å². The largest absolute Gasteiger partial charge is 0.463 e. The van der Waals surface area contributed by atoms with Gasteiger partial charge in [-0.05, 0) is 19.8 Å². The number of hydroxylamine groups is 2. The van der Waals surface area contributed by atoms with Gasteiger partial charge in [-0.1, -0.05) is 25.2 Å². The van der Waals surface area contributed by atoms with Gasteiger partial charge in [-0.15, -0.1) is 12.3 Å². The molecular formula is C17H25NO5. The minimum Gasteiger partial charge on any atom is -0.463 e. The molecule has 0 aromatic rings. The van der Waals surface area contributed by atoms with E-state index in [1.165, 1.54) is 19.3 Å². The molecule has 0 spiro atoms. The van der Waals surface area contributed by atoms with Crippen LogP contribution in [0.5, 0.6) is 0 Å². The van der Waals surface area contributed by atoms with Crippen LogP contribution in [0.15, 0.2) is 24.8 Å². The number of esters is 1. The summed E-state index contributed by atoms with van der Waals surface area (Å²) in [4.78, 5) is 28.5. The third-order valence-corrected chi connectivity index (χ3v) is 2.81. The summed E-state index contributed by atoms with van der Waals surface area (Å²) >= 11 is 0. The highest BCUT2D eigenvalue weighted by molar-refractivity contribution is 5.82. The maximum Gasteiger partial charge on any atom is 0.434 e. The monoisotopic (exact) mass is 323 g/mol. The minimum absolute atomic E-state index is 0.0735. The Morgan fingerprint density at radius 3 is 2.65 bits per heavy atom. The van der Waals surface area contributed by atoms with Crippen LogP contribution in [0.4, 0.5) is 4.79 Å². The van der Waals surface area contributed by atoms with E-state index in [0.29, 0.717) is 12.8 Å². The molecule has 0 aromatic carbocycles. The van der Waals surface area contributed by atoms with Crippen molar-refractivity contribution < 1.29 is 23.9 Å². The molecule has 0 fully saturated rings. The highest BCUT2D eigenvalue weighted by atomic mass is 16.7. The number of hydrogen-bond donors (Lipinski definition) is 0. The molecule has 0 N–H and O–H groups in total. The van der Waals surface area contributed by atoms with Gasteiger partial charge in [0.15, 0.2) is 0 Å². The first kappa shape index (κ1) is 20.7. The number of terminal acetylenes is 1. The van der Waals surface area contributed by atoms with Crippen molar-refractivity contribution in [3.8, 4) is 12.3 Å². The molecule has 1 atom stereocenters. The highest BCUT2D eigenvalue weighted by Gasteiger charge is 2.23. The van der Waals surface area contributed by atoms with E-state index in [1.54, 1.807) is 13.0 Å². The Morgan fingerprint density at radius 1 is 1.35 bits per heavy atom. The van der Waals surface area contributed by atoms with Gasteiger partial charge in [-0.2, -0.15) is 5.06 Å². The van der Waals surface area contributed by atoms with E-state index in [1.807, 2.05) is 0 Å². The average molecular weight is 323 g/mol. The van der Waals surface area contributed by atoms with Gasteiger partial charge in [0.2, 0.25) is 0 Å². The molecule has 0 aliphatic carbocycles. The third kappa shape index (κ3) is 9.38. The molecule has 0 heterocycles. The predicted molar refractivity (Wildman–Crippen MR) is 87.3 cm³/mol. The zero-order valence-corrected chi connectivity index (χ0v) is 13.8. The number of ether oxygens (including phenoxy) is 2. The fourth-order valence-electron chi connectivity index (χ4n) is 1.79. The van der Waals surface area contributed by atoms with Crippen LogP contribution in [0.25, 0.3) is 0 Å². The molecule has 6 heteroatoms. The van der Waals surface area contributed by atoms with Crippen LogP contribution in [-0.4, -0.2) is 43.5 Å². The molecule has 0 aliphatic rings. The lowest BCUT2D eigenvalue weighted by molar-refractivity contribution is -0.138. The second-order valence-electron chi connectivity index (χ2n) is 4.50. The molecule has 0 saturated heterocycles. The van der Waals surface area contributed by atoms with Crippen LogP contribution in [0, 0.1) is 12.3 Å². The minimum atomic E-state index is -0.650. The third-order valence-electron chi connectivity index (χ3n) is 2.81. The zero-order valence-electron chi connectivity index (χ0n) is 13.8. The summed E-state index contributed by atoms with van der Waals surface area (Å²) in [6.45, 7) is 5.56. The normalized spacial score (nSPS) is 11.5. The van der Waals surface area contributed by atoms with Crippen LogP contribution < -0.4 is 0 Å². The van der Waals surface area contributed by atoms with Crippen molar-refractivity contribution in [2.75, 3.05) is 20.3 Å². The Bertz CT molecular complexity index is 439. The van der Waals surface area contributed by atoms with Crippen LogP contribution in [0.2, 0.25) is 0 Å². The molecule has 0 aliphatic heterocycles. The number of carbonyl (C=O) groups is 2. The van der Waals surface area contributed by atoms with E-state index >= 15 is 0 Å². The summed E-state index contributed by atoms with van der Waals surface area (Å²) in [5.74, 6) is 2.09. The number of nitrogens with zero attached hydrogens (tertiary/aromatic N) is 1. The lowest BCUT2D eigenvalue weighted by atomic mass is 10.1. The Morgan fingerprint density at radius 2 is 2.09 bits per heavy atom. The van der Waals surface area contributed by atoms with E-state index in [9.17, 15) is 9.59 Å². The van der Waals surface area contributed by atoms with E-state index in [2.05, 4.69) is 12.5 Å². The summed E-state index contributed by atoms with van der Waals surface area (Å²) < 4.78 is 9.80. The Balaban J connectivity index is 4.89. The SMILES string of the molecule is C#CCCCC[C@@H](/C=C/C(=O)OCC)N(OC)C(=O)OCC=C. The van der Waals surface area contributed by atoms with Crippen molar-refractivity contribution in [2.45, 2.75) is 38.6 Å². The van der Waals surface area contributed by atoms with Gasteiger partial charge >= 0.3 is 12.1 Å². The van der Waals surface area contributed by atoms with Gasteiger partial charge in [0, 0.05) is 12.5 Å². The van der Waals surface area contributed by atoms with Gasteiger partial charge in [0.25, 0.3) is 0 Å². The average Bonchev–Trinajstić information content (AvgIpc) is 2.54. The highest BCUT2D eigenvalue weighted by Crippen LogP contribution is 2.13. The molecule has 23 heavy (non-hydrogen) atoms. The topological polar surface area (TPSA) is 65.1 Å². The zero-order chi connectivity index (χ0) is 17.5. The summed E-state index contributed by atoms with van der Waals surface area (Å²) in [5, 5.41) is 1.08. The number of amides is 1. The molecule has 0 rings (SSSR count). The first-order valence-corrected chi connectivity index (χ1v) is 7.50. The standard InChI is InChI=1S/C17H25NO5/c1-5-8-9-10-11-15(12-13-16(19)22-7-3)18(21-4)17(20)23-14-6-2/h1,6,12-13,15H,2,7-11,14H2,3-4H3/b13-12+/t15-/m0/s1. The summed E-state index contributed by atoms with van der Waals surface area (Å²) in [7, 11) is 1.36. The first-order valence-electron chi connectivity index (χ1n) is 7.50. The van der Waals surface area contributed by atoms with Crippen molar-refractivity contribution >= 4 is 12.1 Å². The number of hydrogen-bond acceptors (Lipinski definition) is 5. The predicted octanol–water partition coefficient (Wildman–Crippen LogP) is 2.85. The van der Waals surface area contributed by atoms with Crippen molar-refractivity contribution in [1.29, 1.82) is 0 Å². The lowest BCUT2D eigenvalue weighted by Gasteiger charge is -2.26. The summed E-state index contributed by atoms with van der Waals surface area (Å²) in [5.41, 5.74) is 0. The molecule has 128 valence electrons. The number of rotatable bonds is 11. The molecule has 0 saturated carbocycles. The van der Waals surface area contributed by atoms with Gasteiger partial charge in [0.05, 0.1) is 19.8 Å². The molecule has 1 amide bonds.